The molecule has 0 N–H and O–H groups in total. The lowest BCUT2D eigenvalue weighted by molar-refractivity contribution is -0.139. The highest BCUT2D eigenvalue weighted by Crippen LogP contribution is 2.31. The van der Waals surface area contributed by atoms with Crippen LogP contribution in [0.3, 0.4) is 0 Å². The molecule has 0 atom stereocenters. The number of halogens is 3. The van der Waals surface area contributed by atoms with Gasteiger partial charge in [-0.1, -0.05) is 6.07 Å². The summed E-state index contributed by atoms with van der Waals surface area (Å²) in [4.78, 5) is 12.0. The number of hydrogen-bond donors (Lipinski definition) is 0. The third kappa shape index (κ3) is 4.81. The van der Waals surface area contributed by atoms with Gasteiger partial charge in [0.05, 0.1) is 12.2 Å². The largest absolute Gasteiger partial charge is 0.459 e. The first-order valence-corrected chi connectivity index (χ1v) is 8.33. The first-order valence-electron chi connectivity index (χ1n) is 8.33. The average Bonchev–Trinajstić information content (AvgIpc) is 2.92. The van der Waals surface area contributed by atoms with Crippen molar-refractivity contribution in [1.82, 2.24) is 4.57 Å². The zero-order chi connectivity index (χ0) is 20.9. The van der Waals surface area contributed by atoms with Crippen molar-refractivity contribution < 1.29 is 27.4 Å². The molecule has 0 radical (unpaired) electrons. The molecule has 0 amide bonds. The minimum absolute atomic E-state index is 0.0115. The molecule has 2 aromatic rings. The monoisotopic (exact) mass is 392 g/mol. The Morgan fingerprint density at radius 1 is 1.25 bits per heavy atom. The lowest BCUT2D eigenvalue weighted by Crippen LogP contribution is -2.11. The lowest BCUT2D eigenvalue weighted by atomic mass is 10.1. The number of aromatic nitrogens is 1. The van der Waals surface area contributed by atoms with Crippen molar-refractivity contribution in [3.63, 3.8) is 0 Å². The van der Waals surface area contributed by atoms with Crippen LogP contribution in [-0.2, 0) is 20.4 Å². The third-order valence-corrected chi connectivity index (χ3v) is 4.06. The minimum Gasteiger partial charge on any atom is -0.459 e. The summed E-state index contributed by atoms with van der Waals surface area (Å²) in [6.07, 6.45) is -3.09. The van der Waals surface area contributed by atoms with E-state index in [1.54, 1.807) is 36.6 Å². The van der Waals surface area contributed by atoms with Crippen LogP contribution in [0.15, 0.2) is 35.9 Å². The molecule has 2 rings (SSSR count). The molecule has 0 fully saturated rings. The van der Waals surface area contributed by atoms with Crippen LogP contribution in [0.4, 0.5) is 13.2 Å². The minimum atomic E-state index is -4.45. The smallest absolute Gasteiger partial charge is 0.416 e. The quantitative estimate of drug-likeness (QED) is 0.320. The van der Waals surface area contributed by atoms with E-state index in [1.165, 1.54) is 19.3 Å². The Hall–Kier alpha value is -3.05. The number of nitrogens with zero attached hydrogens (tertiary/aromatic N) is 2. The summed E-state index contributed by atoms with van der Waals surface area (Å²) >= 11 is 0. The maximum absolute atomic E-state index is 13.0. The van der Waals surface area contributed by atoms with Crippen LogP contribution in [0.1, 0.15) is 22.5 Å². The number of hydrogen-bond acceptors (Lipinski definition) is 4. The highest BCUT2D eigenvalue weighted by Gasteiger charge is 2.30. The molecule has 8 heteroatoms. The molecule has 148 valence electrons. The Balaban J connectivity index is 2.41. The number of benzene rings is 1. The van der Waals surface area contributed by atoms with E-state index < -0.39 is 17.7 Å². The van der Waals surface area contributed by atoms with E-state index in [9.17, 15) is 23.2 Å². The van der Waals surface area contributed by atoms with Crippen molar-refractivity contribution in [3.05, 3.63) is 58.4 Å². The van der Waals surface area contributed by atoms with Gasteiger partial charge in [0.2, 0.25) is 0 Å². The van der Waals surface area contributed by atoms with Crippen LogP contribution >= 0.6 is 0 Å². The molecule has 5 nitrogen and oxygen atoms in total. The number of aryl methyl sites for hydroxylation is 1. The van der Waals surface area contributed by atoms with Crippen molar-refractivity contribution in [1.29, 1.82) is 5.26 Å². The van der Waals surface area contributed by atoms with Gasteiger partial charge in [-0.25, -0.2) is 4.79 Å². The van der Waals surface area contributed by atoms with Gasteiger partial charge >= 0.3 is 12.1 Å². The summed E-state index contributed by atoms with van der Waals surface area (Å²) in [5.74, 6) is -0.788. The molecule has 1 aromatic heterocycles. The SMILES string of the molecule is COCCOC(=O)/C(C#N)=C/c1cc(C)n(-c2cccc(C(F)(F)F)c2)c1C. The fraction of sp³-hybridized carbons (Fsp3) is 0.300. The molecule has 0 aliphatic heterocycles. The first-order chi connectivity index (χ1) is 13.2. The second-order valence-corrected chi connectivity index (χ2v) is 6.01. The number of rotatable bonds is 6. The highest BCUT2D eigenvalue weighted by atomic mass is 19.4. The van der Waals surface area contributed by atoms with E-state index in [1.807, 2.05) is 0 Å². The summed E-state index contributed by atoms with van der Waals surface area (Å²) < 4.78 is 50.4. The van der Waals surface area contributed by atoms with Gasteiger partial charge in [0.1, 0.15) is 18.2 Å². The predicted octanol–water partition coefficient (Wildman–Crippen LogP) is 4.21. The van der Waals surface area contributed by atoms with Crippen molar-refractivity contribution in [2.24, 2.45) is 0 Å². The average molecular weight is 392 g/mol. The van der Waals surface area contributed by atoms with Crippen molar-refractivity contribution >= 4 is 12.0 Å². The summed E-state index contributed by atoms with van der Waals surface area (Å²) in [7, 11) is 1.46. The number of esters is 1. The molecular weight excluding hydrogens is 373 g/mol. The van der Waals surface area contributed by atoms with Gasteiger partial charge in [-0.15, -0.1) is 0 Å². The Labute approximate surface area is 160 Å². The summed E-state index contributed by atoms with van der Waals surface area (Å²) in [6, 6.07) is 8.43. The maximum Gasteiger partial charge on any atom is 0.416 e. The second-order valence-electron chi connectivity index (χ2n) is 6.01. The van der Waals surface area contributed by atoms with Gasteiger partial charge in [-0.3, -0.25) is 0 Å². The van der Waals surface area contributed by atoms with Gasteiger partial charge in [-0.2, -0.15) is 18.4 Å². The van der Waals surface area contributed by atoms with E-state index in [2.05, 4.69) is 0 Å². The van der Waals surface area contributed by atoms with Crippen molar-refractivity contribution in [3.8, 4) is 11.8 Å². The number of ether oxygens (including phenoxy) is 2. The molecule has 0 spiro atoms. The van der Waals surface area contributed by atoms with Crippen LogP contribution in [0, 0.1) is 25.2 Å². The molecule has 0 bridgehead atoms. The number of nitriles is 1. The van der Waals surface area contributed by atoms with Crippen LogP contribution in [0.5, 0.6) is 0 Å². The topological polar surface area (TPSA) is 64.2 Å². The van der Waals surface area contributed by atoms with E-state index in [-0.39, 0.29) is 18.8 Å². The molecule has 1 heterocycles. The molecule has 1 aromatic carbocycles. The Kier molecular flexibility index (Phi) is 6.65. The van der Waals surface area contributed by atoms with Crippen LogP contribution in [0.2, 0.25) is 0 Å². The second kappa shape index (κ2) is 8.76. The first kappa shape index (κ1) is 21.3. The molecule has 28 heavy (non-hydrogen) atoms. The van der Waals surface area contributed by atoms with Crippen molar-refractivity contribution in [2.75, 3.05) is 20.3 Å². The maximum atomic E-state index is 13.0. The van der Waals surface area contributed by atoms with Crippen LogP contribution < -0.4 is 0 Å². The zero-order valence-electron chi connectivity index (χ0n) is 15.6. The number of methoxy groups -OCH3 is 1. The van der Waals surface area contributed by atoms with E-state index >= 15 is 0 Å². The number of alkyl halides is 3. The Bertz CT molecular complexity index is 937. The molecule has 0 aliphatic rings. The highest BCUT2D eigenvalue weighted by molar-refractivity contribution is 5.98. The van der Waals surface area contributed by atoms with E-state index in [4.69, 9.17) is 9.47 Å². The van der Waals surface area contributed by atoms with Gasteiger partial charge in [0.15, 0.2) is 0 Å². The third-order valence-electron chi connectivity index (χ3n) is 4.06. The predicted molar refractivity (Wildman–Crippen MR) is 96.7 cm³/mol. The van der Waals surface area contributed by atoms with E-state index in [0.29, 0.717) is 22.6 Å². The zero-order valence-corrected chi connectivity index (χ0v) is 15.6. The summed E-state index contributed by atoms with van der Waals surface area (Å²) in [5.41, 5.74) is 1.16. The Morgan fingerprint density at radius 2 is 1.96 bits per heavy atom. The number of carbonyl (C=O) groups is 1. The van der Waals surface area contributed by atoms with Gasteiger partial charge in [0, 0.05) is 24.2 Å². The van der Waals surface area contributed by atoms with Crippen LogP contribution in [0.25, 0.3) is 11.8 Å². The fourth-order valence-electron chi connectivity index (χ4n) is 2.74. The van der Waals surface area contributed by atoms with Crippen LogP contribution in [-0.4, -0.2) is 30.9 Å². The van der Waals surface area contributed by atoms with Crippen molar-refractivity contribution in [2.45, 2.75) is 20.0 Å². The van der Waals surface area contributed by atoms with Gasteiger partial charge < -0.3 is 14.0 Å². The summed E-state index contributed by atoms with van der Waals surface area (Å²) in [6.45, 7) is 3.64. The summed E-state index contributed by atoms with van der Waals surface area (Å²) in [5, 5.41) is 9.24. The van der Waals surface area contributed by atoms with Gasteiger partial charge in [0.25, 0.3) is 0 Å². The fourth-order valence-corrected chi connectivity index (χ4v) is 2.74. The van der Waals surface area contributed by atoms with E-state index in [0.717, 1.165) is 12.1 Å². The Morgan fingerprint density at radius 3 is 2.57 bits per heavy atom. The normalized spacial score (nSPS) is 12.0. The lowest BCUT2D eigenvalue weighted by Gasteiger charge is -2.13. The molecule has 0 unspecified atom stereocenters. The standard InChI is InChI=1S/C20H19F3N2O3/c1-13-9-15(10-16(12-24)19(26)28-8-7-27-3)14(2)25(13)18-6-4-5-17(11-18)20(21,22)23/h4-6,9-11H,7-8H2,1-3H3/b16-10+. The molecule has 0 saturated heterocycles. The molecule has 0 aliphatic carbocycles. The molecular formula is C20H19F3N2O3. The van der Waals surface area contributed by atoms with Gasteiger partial charge in [-0.05, 0) is 49.8 Å². The molecule has 0 saturated carbocycles. The number of carbonyl (C=O) groups excluding carboxylic acids is 1.